The van der Waals surface area contributed by atoms with Crippen LogP contribution in [0.25, 0.3) is 0 Å². The van der Waals surface area contributed by atoms with Gasteiger partial charge in [-0.2, -0.15) is 0 Å². The van der Waals surface area contributed by atoms with Gasteiger partial charge in [-0.15, -0.1) is 0 Å². The number of anilines is 1. The number of halogens is 3. The van der Waals surface area contributed by atoms with Crippen molar-refractivity contribution in [2.24, 2.45) is 0 Å². The van der Waals surface area contributed by atoms with E-state index in [4.69, 9.17) is 34.8 Å². The molecule has 2 aromatic carbocycles. The Bertz CT molecular complexity index is 556. The monoisotopic (exact) mass is 297 g/mol. The highest BCUT2D eigenvalue weighted by molar-refractivity contribution is 6.60. The molecule has 0 aromatic heterocycles. The van der Waals surface area contributed by atoms with Crippen LogP contribution in [0.1, 0.15) is 5.56 Å². The van der Waals surface area contributed by atoms with Gasteiger partial charge in [0.15, 0.2) is 5.00 Å². The fourth-order valence-electron chi connectivity index (χ4n) is 2.16. The van der Waals surface area contributed by atoms with E-state index in [-0.39, 0.29) is 0 Å². The van der Waals surface area contributed by atoms with Crippen molar-refractivity contribution in [2.75, 3.05) is 4.90 Å². The molecular formula is C14H10Cl3N. The van der Waals surface area contributed by atoms with Crippen LogP contribution in [0.15, 0.2) is 60.7 Å². The molecule has 1 heterocycles. The van der Waals surface area contributed by atoms with Crippen molar-refractivity contribution in [3.8, 4) is 0 Å². The molecule has 1 aliphatic rings. The first-order valence-corrected chi connectivity index (χ1v) is 6.69. The molecule has 0 aliphatic carbocycles. The summed E-state index contributed by atoms with van der Waals surface area (Å²) in [7, 11) is 0. The Morgan fingerprint density at radius 3 is 1.78 bits per heavy atom. The van der Waals surface area contributed by atoms with Crippen molar-refractivity contribution in [1.82, 2.24) is 0 Å². The van der Waals surface area contributed by atoms with Gasteiger partial charge >= 0.3 is 0 Å². The minimum Gasteiger partial charge on any atom is -0.310 e. The molecule has 1 nitrogen and oxygen atoms in total. The summed E-state index contributed by atoms with van der Waals surface area (Å²) in [4.78, 5) is 0.888. The normalized spacial score (nSPS) is 24.9. The van der Waals surface area contributed by atoms with Crippen LogP contribution in [-0.4, -0.2) is 4.46 Å². The molecule has 3 rings (SSSR count). The molecular weight excluding hydrogens is 289 g/mol. The number of nitrogens with zero attached hydrogens (tertiary/aromatic N) is 1. The van der Waals surface area contributed by atoms with Crippen LogP contribution in [0, 0.1) is 0 Å². The van der Waals surface area contributed by atoms with Crippen LogP contribution in [0.3, 0.4) is 0 Å². The molecule has 1 fully saturated rings. The average Bonchev–Trinajstić information content (AvgIpc) is 2.87. The van der Waals surface area contributed by atoms with E-state index < -0.39 is 9.46 Å². The van der Waals surface area contributed by atoms with Gasteiger partial charge in [0.25, 0.3) is 0 Å². The summed E-state index contributed by atoms with van der Waals surface area (Å²) in [5.74, 6) is 0. The summed E-state index contributed by atoms with van der Waals surface area (Å²) in [6, 6.07) is 19.3. The fourth-order valence-corrected chi connectivity index (χ4v) is 3.39. The average molecular weight is 299 g/mol. The van der Waals surface area contributed by atoms with E-state index in [0.717, 1.165) is 11.3 Å². The predicted octanol–water partition coefficient (Wildman–Crippen LogP) is 4.73. The van der Waals surface area contributed by atoms with Crippen molar-refractivity contribution in [2.45, 2.75) is 9.46 Å². The van der Waals surface area contributed by atoms with Crippen molar-refractivity contribution < 1.29 is 0 Å². The Labute approximate surface area is 121 Å². The van der Waals surface area contributed by atoms with Crippen LogP contribution in [-0.2, 0) is 5.00 Å². The van der Waals surface area contributed by atoms with E-state index in [1.807, 2.05) is 60.7 Å². The van der Waals surface area contributed by atoms with Crippen LogP contribution < -0.4 is 4.90 Å². The minimum absolute atomic E-state index is 0.889. The Morgan fingerprint density at radius 1 is 0.722 bits per heavy atom. The zero-order chi connectivity index (χ0) is 12.8. The maximum atomic E-state index is 6.62. The zero-order valence-corrected chi connectivity index (χ0v) is 11.6. The van der Waals surface area contributed by atoms with Crippen molar-refractivity contribution in [1.29, 1.82) is 0 Å². The lowest BCUT2D eigenvalue weighted by Crippen LogP contribution is -2.08. The largest absolute Gasteiger partial charge is 0.310 e. The Morgan fingerprint density at radius 2 is 1.22 bits per heavy atom. The van der Waals surface area contributed by atoms with E-state index in [1.54, 1.807) is 4.90 Å². The lowest BCUT2D eigenvalue weighted by atomic mass is 10.1. The predicted molar refractivity (Wildman–Crippen MR) is 77.3 cm³/mol. The van der Waals surface area contributed by atoms with E-state index in [9.17, 15) is 0 Å². The minimum atomic E-state index is -1.13. The standard InChI is InChI=1S/C14H10Cl3N/c15-13(11-7-3-1-4-8-11)14(16,17)18(13)12-9-5-2-6-10-12/h1-10H. The molecule has 18 heavy (non-hydrogen) atoms. The molecule has 0 amide bonds. The summed E-state index contributed by atoms with van der Waals surface area (Å²) >= 11 is 19.3. The van der Waals surface area contributed by atoms with E-state index >= 15 is 0 Å². The van der Waals surface area contributed by atoms with Gasteiger partial charge in [0.1, 0.15) is 0 Å². The smallest absolute Gasteiger partial charge is 0.234 e. The van der Waals surface area contributed by atoms with Crippen molar-refractivity contribution >= 4 is 40.5 Å². The van der Waals surface area contributed by atoms with Gasteiger partial charge in [-0.05, 0) is 17.7 Å². The highest BCUT2D eigenvalue weighted by Crippen LogP contribution is 2.68. The molecule has 4 heteroatoms. The van der Waals surface area contributed by atoms with Crippen LogP contribution >= 0.6 is 34.8 Å². The van der Waals surface area contributed by atoms with Gasteiger partial charge in [0.05, 0.1) is 0 Å². The number of hydrogen-bond acceptors (Lipinski definition) is 1. The first-order chi connectivity index (χ1) is 8.58. The van der Waals surface area contributed by atoms with Crippen LogP contribution in [0.2, 0.25) is 0 Å². The van der Waals surface area contributed by atoms with E-state index in [0.29, 0.717) is 0 Å². The van der Waals surface area contributed by atoms with Crippen LogP contribution in [0.5, 0.6) is 0 Å². The van der Waals surface area contributed by atoms with Gasteiger partial charge in [-0.3, -0.25) is 0 Å². The molecule has 1 unspecified atom stereocenters. The molecule has 0 spiro atoms. The van der Waals surface area contributed by atoms with Crippen LogP contribution in [0.4, 0.5) is 5.69 Å². The molecule has 0 N–H and O–H groups in total. The Hall–Kier alpha value is -0.890. The quantitative estimate of drug-likeness (QED) is 0.440. The van der Waals surface area contributed by atoms with Gasteiger partial charge in [-0.25, -0.2) is 0 Å². The van der Waals surface area contributed by atoms with E-state index in [1.165, 1.54) is 0 Å². The Kier molecular flexibility index (Phi) is 2.74. The lowest BCUT2D eigenvalue weighted by molar-refractivity contribution is 0.988. The first kappa shape index (κ1) is 12.2. The number of rotatable bonds is 2. The number of para-hydroxylation sites is 1. The summed E-state index contributed by atoms with van der Waals surface area (Å²) in [6.45, 7) is 0. The SMILES string of the molecule is ClC1(Cl)N(c2ccccc2)C1(Cl)c1ccccc1. The van der Waals surface area contributed by atoms with Gasteiger partial charge in [0, 0.05) is 5.69 Å². The number of hydrogen-bond donors (Lipinski definition) is 0. The van der Waals surface area contributed by atoms with E-state index in [2.05, 4.69) is 0 Å². The van der Waals surface area contributed by atoms with Gasteiger partial charge in [0.2, 0.25) is 4.46 Å². The summed E-state index contributed by atoms with van der Waals surface area (Å²) < 4.78 is -1.13. The third kappa shape index (κ3) is 1.55. The molecule has 2 aromatic rings. The molecule has 1 saturated heterocycles. The molecule has 1 atom stereocenters. The van der Waals surface area contributed by atoms with Gasteiger partial charge in [-0.1, -0.05) is 83.3 Å². The van der Waals surface area contributed by atoms with Crippen molar-refractivity contribution in [3.05, 3.63) is 66.2 Å². The summed E-state index contributed by atoms with van der Waals surface area (Å²) in [5.41, 5.74) is 1.79. The molecule has 92 valence electrons. The maximum Gasteiger partial charge on any atom is 0.234 e. The highest BCUT2D eigenvalue weighted by atomic mass is 35.5. The first-order valence-electron chi connectivity index (χ1n) is 5.56. The molecule has 0 radical (unpaired) electrons. The maximum absolute atomic E-state index is 6.62. The summed E-state index contributed by atoms with van der Waals surface area (Å²) in [5, 5.41) is 0. The molecule has 0 bridgehead atoms. The third-order valence-corrected chi connectivity index (χ3v) is 4.85. The molecule has 1 aliphatic heterocycles. The zero-order valence-electron chi connectivity index (χ0n) is 9.35. The Balaban J connectivity index is 2.05. The number of benzene rings is 2. The second-order valence-electron chi connectivity index (χ2n) is 4.20. The van der Waals surface area contributed by atoms with Gasteiger partial charge < -0.3 is 4.90 Å². The fraction of sp³-hybridized carbons (Fsp3) is 0.143. The topological polar surface area (TPSA) is 3.01 Å². The third-order valence-electron chi connectivity index (χ3n) is 3.11. The number of alkyl halides is 3. The lowest BCUT2D eigenvalue weighted by Gasteiger charge is -2.10. The highest BCUT2D eigenvalue weighted by Gasteiger charge is 2.75. The van der Waals surface area contributed by atoms with Crippen molar-refractivity contribution in [3.63, 3.8) is 0 Å². The second kappa shape index (κ2) is 4.06. The second-order valence-corrected chi connectivity index (χ2v) is 6.03. The summed E-state index contributed by atoms with van der Waals surface area (Å²) in [6.07, 6.45) is 0. The molecule has 0 saturated carbocycles.